The maximum Gasteiger partial charge on any atom is 0.235 e. The maximum absolute atomic E-state index is 12.4. The van der Waals surface area contributed by atoms with Crippen molar-refractivity contribution in [3.63, 3.8) is 0 Å². The van der Waals surface area contributed by atoms with Crippen molar-refractivity contribution in [3.8, 4) is 22.7 Å². The van der Waals surface area contributed by atoms with Gasteiger partial charge in [-0.15, -0.1) is 0 Å². The molecule has 0 saturated carbocycles. The summed E-state index contributed by atoms with van der Waals surface area (Å²) in [6.45, 7) is 1.23. The smallest absolute Gasteiger partial charge is 0.235 e. The first-order chi connectivity index (χ1) is 16.1. The Labute approximate surface area is 193 Å². The van der Waals surface area contributed by atoms with Crippen molar-refractivity contribution in [3.05, 3.63) is 102 Å². The zero-order valence-corrected chi connectivity index (χ0v) is 18.5. The molecule has 33 heavy (non-hydrogen) atoms. The molecule has 1 atom stereocenters. The summed E-state index contributed by atoms with van der Waals surface area (Å²) in [6.07, 6.45) is 2.67. The van der Waals surface area contributed by atoms with Crippen molar-refractivity contribution in [2.45, 2.75) is 25.6 Å². The molecule has 0 bridgehead atoms. The zero-order valence-electron chi connectivity index (χ0n) is 18.5. The minimum Gasteiger partial charge on any atom is -0.497 e. The van der Waals surface area contributed by atoms with Gasteiger partial charge in [0.2, 0.25) is 5.91 Å². The average Bonchev–Trinajstić information content (AvgIpc) is 3.28. The van der Waals surface area contributed by atoms with Crippen LogP contribution in [0.25, 0.3) is 16.9 Å². The predicted octanol–water partition coefficient (Wildman–Crippen LogP) is 3.96. The van der Waals surface area contributed by atoms with E-state index in [4.69, 9.17) is 15.6 Å². The molecule has 166 valence electrons. The lowest BCUT2D eigenvalue weighted by atomic mass is 9.93. The second-order valence-electron chi connectivity index (χ2n) is 8.31. The first-order valence-electron chi connectivity index (χ1n) is 11.0. The number of ether oxygens (including phenoxy) is 1. The fourth-order valence-corrected chi connectivity index (χ4v) is 4.47. The Morgan fingerprint density at radius 3 is 2.39 bits per heavy atom. The van der Waals surface area contributed by atoms with Gasteiger partial charge in [0.25, 0.3) is 0 Å². The minimum absolute atomic E-state index is 0.300. The SMILES string of the molecule is COc1ccc(-c2nn(-c3ccccc3)cc2CN2Cc3ccccc3C[C@H]2C(N)=O)cc1. The quantitative estimate of drug-likeness (QED) is 0.495. The molecular weight excluding hydrogens is 412 g/mol. The number of nitrogens with zero attached hydrogens (tertiary/aromatic N) is 3. The Hall–Kier alpha value is -3.90. The van der Waals surface area contributed by atoms with E-state index in [-0.39, 0.29) is 11.9 Å². The predicted molar refractivity (Wildman–Crippen MR) is 128 cm³/mol. The molecule has 3 aromatic carbocycles. The van der Waals surface area contributed by atoms with Gasteiger partial charge in [0.05, 0.1) is 24.5 Å². The fourth-order valence-electron chi connectivity index (χ4n) is 4.47. The van der Waals surface area contributed by atoms with Gasteiger partial charge in [0.15, 0.2) is 0 Å². The number of fused-ring (bicyclic) bond motifs is 1. The maximum atomic E-state index is 12.4. The first-order valence-corrected chi connectivity index (χ1v) is 11.0. The van der Waals surface area contributed by atoms with Crippen LogP contribution in [0.5, 0.6) is 5.75 Å². The molecule has 0 aliphatic carbocycles. The lowest BCUT2D eigenvalue weighted by molar-refractivity contribution is -0.124. The molecule has 2 heterocycles. The molecule has 1 aromatic heterocycles. The van der Waals surface area contributed by atoms with Gasteiger partial charge in [-0.1, -0.05) is 42.5 Å². The summed E-state index contributed by atoms with van der Waals surface area (Å²) >= 11 is 0. The van der Waals surface area contributed by atoms with E-state index < -0.39 is 0 Å². The number of aromatic nitrogens is 2. The Morgan fingerprint density at radius 1 is 1.00 bits per heavy atom. The van der Waals surface area contributed by atoms with Gasteiger partial charge in [0, 0.05) is 30.4 Å². The third-order valence-corrected chi connectivity index (χ3v) is 6.22. The van der Waals surface area contributed by atoms with Crippen LogP contribution in [-0.2, 0) is 24.3 Å². The fraction of sp³-hybridized carbons (Fsp3) is 0.185. The molecule has 0 fully saturated rings. The monoisotopic (exact) mass is 438 g/mol. The van der Waals surface area contributed by atoms with Crippen LogP contribution in [0.4, 0.5) is 0 Å². The largest absolute Gasteiger partial charge is 0.497 e. The standard InChI is InChI=1S/C27H26N4O2/c1-33-24-13-11-19(12-14-24)26-22(18-31(29-26)23-9-3-2-4-10-23)17-30-16-21-8-6-5-7-20(21)15-25(30)27(28)32/h2-14,18,25H,15-17H2,1H3,(H2,28,32)/t25-/m0/s1. The van der Waals surface area contributed by atoms with E-state index in [0.717, 1.165) is 28.3 Å². The van der Waals surface area contributed by atoms with Crippen LogP contribution < -0.4 is 10.5 Å². The molecule has 1 aliphatic heterocycles. The molecule has 0 saturated heterocycles. The molecule has 1 amide bonds. The molecule has 2 N–H and O–H groups in total. The highest BCUT2D eigenvalue weighted by Crippen LogP contribution is 2.30. The Kier molecular flexibility index (Phi) is 5.67. The first kappa shape index (κ1) is 21.0. The molecule has 6 nitrogen and oxygen atoms in total. The van der Waals surface area contributed by atoms with Gasteiger partial charge in [-0.2, -0.15) is 5.10 Å². The second-order valence-corrected chi connectivity index (χ2v) is 8.31. The van der Waals surface area contributed by atoms with Crippen LogP contribution in [0, 0.1) is 0 Å². The van der Waals surface area contributed by atoms with E-state index >= 15 is 0 Å². The number of carbonyl (C=O) groups is 1. The highest BCUT2D eigenvalue weighted by atomic mass is 16.5. The second kappa shape index (κ2) is 8.92. The summed E-state index contributed by atoms with van der Waals surface area (Å²) in [4.78, 5) is 14.5. The van der Waals surface area contributed by atoms with Crippen molar-refractivity contribution in [2.24, 2.45) is 5.73 Å². The van der Waals surface area contributed by atoms with Crippen LogP contribution in [0.2, 0.25) is 0 Å². The van der Waals surface area contributed by atoms with Crippen molar-refractivity contribution in [1.29, 1.82) is 0 Å². The van der Waals surface area contributed by atoms with Crippen molar-refractivity contribution < 1.29 is 9.53 Å². The summed E-state index contributed by atoms with van der Waals surface area (Å²) in [7, 11) is 1.66. The Balaban J connectivity index is 1.54. The van der Waals surface area contributed by atoms with E-state index in [9.17, 15) is 4.79 Å². The van der Waals surface area contributed by atoms with E-state index in [1.54, 1.807) is 7.11 Å². The Bertz CT molecular complexity index is 1270. The highest BCUT2D eigenvalue weighted by Gasteiger charge is 2.31. The summed E-state index contributed by atoms with van der Waals surface area (Å²) in [6, 6.07) is 25.8. The molecule has 1 aliphatic rings. The highest BCUT2D eigenvalue weighted by molar-refractivity contribution is 5.80. The summed E-state index contributed by atoms with van der Waals surface area (Å²) in [5.41, 5.74) is 12.1. The van der Waals surface area contributed by atoms with E-state index in [1.165, 1.54) is 11.1 Å². The minimum atomic E-state index is -0.358. The number of rotatable bonds is 6. The summed E-state index contributed by atoms with van der Waals surface area (Å²) < 4.78 is 7.21. The number of hydrogen-bond acceptors (Lipinski definition) is 4. The number of methoxy groups -OCH3 is 1. The molecular formula is C27H26N4O2. The molecule has 6 heteroatoms. The zero-order chi connectivity index (χ0) is 22.8. The van der Waals surface area contributed by atoms with E-state index in [0.29, 0.717) is 19.5 Å². The lowest BCUT2D eigenvalue weighted by Crippen LogP contribution is -2.48. The summed E-state index contributed by atoms with van der Waals surface area (Å²) in [5, 5.41) is 4.92. The number of amides is 1. The van der Waals surface area contributed by atoms with E-state index in [2.05, 4.69) is 17.0 Å². The van der Waals surface area contributed by atoms with Gasteiger partial charge < -0.3 is 10.5 Å². The van der Waals surface area contributed by atoms with Crippen LogP contribution in [-0.4, -0.2) is 33.7 Å². The number of primary amides is 1. The topological polar surface area (TPSA) is 73.4 Å². The number of carbonyl (C=O) groups excluding carboxylic acids is 1. The summed E-state index contributed by atoms with van der Waals surface area (Å²) in [5.74, 6) is 0.496. The number of benzene rings is 3. The third kappa shape index (κ3) is 4.25. The lowest BCUT2D eigenvalue weighted by Gasteiger charge is -2.35. The van der Waals surface area contributed by atoms with Crippen LogP contribution in [0.3, 0.4) is 0 Å². The van der Waals surface area contributed by atoms with Crippen molar-refractivity contribution >= 4 is 5.91 Å². The van der Waals surface area contributed by atoms with Gasteiger partial charge in [-0.3, -0.25) is 9.69 Å². The molecule has 0 unspecified atom stereocenters. The van der Waals surface area contributed by atoms with Gasteiger partial charge in [0.1, 0.15) is 5.75 Å². The number of nitrogens with two attached hydrogens (primary N) is 1. The number of para-hydroxylation sites is 1. The van der Waals surface area contributed by atoms with Crippen LogP contribution in [0.1, 0.15) is 16.7 Å². The normalized spacial score (nSPS) is 15.7. The molecule has 0 spiro atoms. The van der Waals surface area contributed by atoms with Crippen LogP contribution >= 0.6 is 0 Å². The van der Waals surface area contributed by atoms with Crippen molar-refractivity contribution in [1.82, 2.24) is 14.7 Å². The molecule has 0 radical (unpaired) electrons. The third-order valence-electron chi connectivity index (χ3n) is 6.22. The van der Waals surface area contributed by atoms with Crippen molar-refractivity contribution in [2.75, 3.05) is 7.11 Å². The van der Waals surface area contributed by atoms with Gasteiger partial charge >= 0.3 is 0 Å². The Morgan fingerprint density at radius 2 is 1.70 bits per heavy atom. The van der Waals surface area contributed by atoms with Gasteiger partial charge in [-0.25, -0.2) is 4.68 Å². The number of hydrogen-bond donors (Lipinski definition) is 1. The molecule has 4 aromatic rings. The van der Waals surface area contributed by atoms with E-state index in [1.807, 2.05) is 77.6 Å². The van der Waals surface area contributed by atoms with Crippen LogP contribution in [0.15, 0.2) is 85.1 Å². The average molecular weight is 439 g/mol. The molecule has 5 rings (SSSR count). The van der Waals surface area contributed by atoms with Gasteiger partial charge in [-0.05, 0) is 53.9 Å².